The third-order valence-electron chi connectivity index (χ3n) is 3.21. The van der Waals surface area contributed by atoms with Gasteiger partial charge in [0.25, 0.3) is 0 Å². The van der Waals surface area contributed by atoms with Crippen molar-refractivity contribution in [3.63, 3.8) is 0 Å². The van der Waals surface area contributed by atoms with Crippen LogP contribution in [0.5, 0.6) is 0 Å². The predicted octanol–water partition coefficient (Wildman–Crippen LogP) is 0.612. The van der Waals surface area contributed by atoms with Gasteiger partial charge in [-0.2, -0.15) is 4.80 Å². The lowest BCUT2D eigenvalue weighted by Crippen LogP contribution is -2.36. The first kappa shape index (κ1) is 15.1. The zero-order valence-electron chi connectivity index (χ0n) is 12.2. The van der Waals surface area contributed by atoms with E-state index in [2.05, 4.69) is 20.7 Å². The summed E-state index contributed by atoms with van der Waals surface area (Å²) in [5.41, 5.74) is 6.39. The first-order chi connectivity index (χ1) is 10.1. The molecule has 7 heteroatoms. The molecule has 2 unspecified atom stereocenters. The van der Waals surface area contributed by atoms with Crippen molar-refractivity contribution in [2.24, 2.45) is 11.7 Å². The molecule has 2 atom stereocenters. The Morgan fingerprint density at radius 1 is 1.33 bits per heavy atom. The lowest BCUT2D eigenvalue weighted by atomic mass is 10.2. The highest BCUT2D eigenvalue weighted by atomic mass is 16.2. The topological polar surface area (TPSA) is 98.7 Å². The number of nitrogens with zero attached hydrogens (tertiary/aromatic N) is 4. The Hall–Kier alpha value is -2.28. The number of tetrazole rings is 1. The van der Waals surface area contributed by atoms with Crippen LogP contribution in [-0.4, -0.2) is 39.2 Å². The minimum Gasteiger partial charge on any atom is -0.354 e. The minimum atomic E-state index is -0.514. The minimum absolute atomic E-state index is 0.146. The first-order valence-electron chi connectivity index (χ1n) is 6.94. The van der Waals surface area contributed by atoms with E-state index in [4.69, 9.17) is 5.73 Å². The monoisotopic (exact) mass is 288 g/mol. The molecule has 0 radical (unpaired) electrons. The Kier molecular flexibility index (Phi) is 4.99. The zero-order valence-corrected chi connectivity index (χ0v) is 12.2. The highest BCUT2D eigenvalue weighted by Gasteiger charge is 2.18. The van der Waals surface area contributed by atoms with Gasteiger partial charge >= 0.3 is 0 Å². The first-order valence-corrected chi connectivity index (χ1v) is 6.94. The lowest BCUT2D eigenvalue weighted by molar-refractivity contribution is -0.124. The van der Waals surface area contributed by atoms with Crippen LogP contribution in [0.4, 0.5) is 0 Å². The number of benzene rings is 1. The van der Waals surface area contributed by atoms with Crippen LogP contribution in [0, 0.1) is 5.92 Å². The molecule has 0 aliphatic carbocycles. The van der Waals surface area contributed by atoms with Gasteiger partial charge in [-0.1, -0.05) is 37.3 Å². The number of amides is 1. The normalized spacial score (nSPS) is 13.7. The van der Waals surface area contributed by atoms with Crippen molar-refractivity contribution in [1.82, 2.24) is 25.5 Å². The number of carbonyl (C=O) groups excluding carboxylic acids is 1. The van der Waals surface area contributed by atoms with Crippen LogP contribution in [0.2, 0.25) is 0 Å². The Bertz CT molecular complexity index is 582. The average molecular weight is 288 g/mol. The molecule has 0 aliphatic heterocycles. The molecule has 21 heavy (non-hydrogen) atoms. The molecule has 1 aromatic carbocycles. The van der Waals surface area contributed by atoms with E-state index in [0.29, 0.717) is 18.9 Å². The van der Waals surface area contributed by atoms with E-state index in [9.17, 15) is 4.79 Å². The van der Waals surface area contributed by atoms with Crippen molar-refractivity contribution in [2.75, 3.05) is 13.1 Å². The smallest absolute Gasteiger partial charge is 0.246 e. The fourth-order valence-electron chi connectivity index (χ4n) is 1.70. The predicted molar refractivity (Wildman–Crippen MR) is 79.2 cm³/mol. The van der Waals surface area contributed by atoms with Gasteiger partial charge in [0.1, 0.15) is 6.04 Å². The maximum absolute atomic E-state index is 12.0. The average Bonchev–Trinajstić information content (AvgIpc) is 3.02. The Morgan fingerprint density at radius 2 is 2.05 bits per heavy atom. The summed E-state index contributed by atoms with van der Waals surface area (Å²) in [6, 6.07) is 9.01. The molecule has 0 saturated carbocycles. The van der Waals surface area contributed by atoms with E-state index in [0.717, 1.165) is 5.56 Å². The Labute approximate surface area is 123 Å². The molecule has 1 heterocycles. The fourth-order valence-corrected chi connectivity index (χ4v) is 1.70. The van der Waals surface area contributed by atoms with E-state index in [1.807, 2.05) is 37.3 Å². The summed E-state index contributed by atoms with van der Waals surface area (Å²) in [4.78, 5) is 13.4. The summed E-state index contributed by atoms with van der Waals surface area (Å²) in [5.74, 6) is 0.600. The van der Waals surface area contributed by atoms with Gasteiger partial charge in [-0.3, -0.25) is 4.79 Å². The van der Waals surface area contributed by atoms with Crippen molar-refractivity contribution in [3.8, 4) is 11.4 Å². The van der Waals surface area contributed by atoms with Crippen LogP contribution in [0.15, 0.2) is 30.3 Å². The number of nitrogens with two attached hydrogens (primary N) is 1. The van der Waals surface area contributed by atoms with Gasteiger partial charge in [-0.25, -0.2) is 0 Å². The van der Waals surface area contributed by atoms with Gasteiger partial charge in [-0.05, 0) is 24.6 Å². The van der Waals surface area contributed by atoms with Gasteiger partial charge in [-0.15, -0.1) is 10.2 Å². The van der Waals surface area contributed by atoms with Crippen LogP contribution < -0.4 is 11.1 Å². The highest BCUT2D eigenvalue weighted by molar-refractivity contribution is 5.79. The van der Waals surface area contributed by atoms with E-state index in [1.165, 1.54) is 4.80 Å². The molecule has 0 saturated heterocycles. The maximum atomic E-state index is 12.0. The summed E-state index contributed by atoms with van der Waals surface area (Å²) in [5, 5.41) is 15.0. The Morgan fingerprint density at radius 3 is 2.71 bits per heavy atom. The molecule has 2 rings (SSSR count). The van der Waals surface area contributed by atoms with Crippen LogP contribution in [0.25, 0.3) is 11.4 Å². The molecule has 0 bridgehead atoms. The second-order valence-electron chi connectivity index (χ2n) is 5.06. The number of hydrogen-bond acceptors (Lipinski definition) is 5. The zero-order chi connectivity index (χ0) is 15.2. The molecule has 1 amide bonds. The highest BCUT2D eigenvalue weighted by Crippen LogP contribution is 2.13. The maximum Gasteiger partial charge on any atom is 0.246 e. The third kappa shape index (κ3) is 3.85. The molecule has 0 fully saturated rings. The number of rotatable bonds is 6. The fraction of sp³-hybridized carbons (Fsp3) is 0.429. The van der Waals surface area contributed by atoms with Crippen LogP contribution >= 0.6 is 0 Å². The standard InChI is InChI=1S/C14H20N6O/c1-10(8-15)9-16-14(21)11(2)20-18-13(17-19-20)12-6-4-3-5-7-12/h3-7,10-11H,8-9,15H2,1-2H3,(H,16,21). The molecule has 2 aromatic rings. The molecular formula is C14H20N6O. The second-order valence-corrected chi connectivity index (χ2v) is 5.06. The molecule has 112 valence electrons. The molecule has 0 aliphatic rings. The Balaban J connectivity index is 2.02. The van der Waals surface area contributed by atoms with Gasteiger partial charge in [0, 0.05) is 12.1 Å². The van der Waals surface area contributed by atoms with Crippen LogP contribution in [0.1, 0.15) is 19.9 Å². The van der Waals surface area contributed by atoms with Gasteiger partial charge in [0.2, 0.25) is 11.7 Å². The number of nitrogens with one attached hydrogen (secondary N) is 1. The number of carbonyl (C=O) groups is 1. The summed E-state index contributed by atoms with van der Waals surface area (Å²) in [6.07, 6.45) is 0. The van der Waals surface area contributed by atoms with E-state index < -0.39 is 6.04 Å². The van der Waals surface area contributed by atoms with Crippen molar-refractivity contribution in [2.45, 2.75) is 19.9 Å². The van der Waals surface area contributed by atoms with Crippen LogP contribution in [0.3, 0.4) is 0 Å². The summed E-state index contributed by atoms with van der Waals surface area (Å²) < 4.78 is 0. The molecule has 7 nitrogen and oxygen atoms in total. The van der Waals surface area contributed by atoms with Crippen molar-refractivity contribution in [3.05, 3.63) is 30.3 Å². The van der Waals surface area contributed by atoms with Crippen molar-refractivity contribution < 1.29 is 4.79 Å². The quantitative estimate of drug-likeness (QED) is 0.811. The summed E-state index contributed by atoms with van der Waals surface area (Å²) in [7, 11) is 0. The number of aromatic nitrogens is 4. The van der Waals surface area contributed by atoms with E-state index in [1.54, 1.807) is 6.92 Å². The summed E-state index contributed by atoms with van der Waals surface area (Å²) >= 11 is 0. The van der Waals surface area contributed by atoms with Gasteiger partial charge in [0.15, 0.2) is 0 Å². The lowest BCUT2D eigenvalue weighted by Gasteiger charge is -2.13. The largest absolute Gasteiger partial charge is 0.354 e. The second kappa shape index (κ2) is 6.94. The van der Waals surface area contributed by atoms with Crippen LogP contribution in [-0.2, 0) is 4.79 Å². The van der Waals surface area contributed by atoms with Gasteiger partial charge in [0.05, 0.1) is 0 Å². The molecule has 1 aromatic heterocycles. The molecule has 0 spiro atoms. The van der Waals surface area contributed by atoms with Crippen molar-refractivity contribution >= 4 is 5.91 Å². The summed E-state index contributed by atoms with van der Waals surface area (Å²) in [6.45, 7) is 4.79. The third-order valence-corrected chi connectivity index (χ3v) is 3.21. The van der Waals surface area contributed by atoms with E-state index >= 15 is 0 Å². The SMILES string of the molecule is CC(CN)CNC(=O)C(C)n1nnc(-c2ccccc2)n1. The van der Waals surface area contributed by atoms with Gasteiger partial charge < -0.3 is 11.1 Å². The van der Waals surface area contributed by atoms with E-state index in [-0.39, 0.29) is 11.8 Å². The molecular weight excluding hydrogens is 268 g/mol. The molecule has 3 N–H and O–H groups in total. The van der Waals surface area contributed by atoms with Crippen molar-refractivity contribution in [1.29, 1.82) is 0 Å². The number of hydrogen-bond donors (Lipinski definition) is 2.